The largest absolute Gasteiger partial charge is 0.390 e. The Morgan fingerprint density at radius 2 is 1.67 bits per heavy atom. The first-order valence-electron chi connectivity index (χ1n) is 6.77. The van der Waals surface area contributed by atoms with Crippen LogP contribution in [-0.4, -0.2) is 22.4 Å². The second-order valence-electron chi connectivity index (χ2n) is 5.29. The molecule has 1 aromatic carbocycles. The summed E-state index contributed by atoms with van der Waals surface area (Å²) >= 11 is 0. The molecule has 2 nitrogen and oxygen atoms in total. The van der Waals surface area contributed by atoms with Gasteiger partial charge in [0, 0.05) is 6.42 Å². The van der Waals surface area contributed by atoms with E-state index < -0.39 is 12.2 Å². The fourth-order valence-electron chi connectivity index (χ4n) is 2.77. The van der Waals surface area contributed by atoms with Crippen molar-refractivity contribution in [2.75, 3.05) is 0 Å². The molecule has 2 atom stereocenters. The van der Waals surface area contributed by atoms with Gasteiger partial charge in [-0.25, -0.2) is 4.39 Å². The van der Waals surface area contributed by atoms with Crippen LogP contribution < -0.4 is 0 Å². The average molecular weight is 252 g/mol. The quantitative estimate of drug-likeness (QED) is 0.865. The molecule has 1 saturated carbocycles. The third-order valence-electron chi connectivity index (χ3n) is 3.89. The lowest BCUT2D eigenvalue weighted by Crippen LogP contribution is -2.36. The van der Waals surface area contributed by atoms with Crippen LogP contribution in [-0.2, 0) is 6.42 Å². The van der Waals surface area contributed by atoms with Crippen molar-refractivity contribution in [1.29, 1.82) is 0 Å². The second-order valence-corrected chi connectivity index (χ2v) is 5.29. The number of aliphatic hydroxyl groups excluding tert-OH is 2. The Hall–Kier alpha value is -0.930. The summed E-state index contributed by atoms with van der Waals surface area (Å²) in [6, 6.07) is 6.09. The summed E-state index contributed by atoms with van der Waals surface area (Å²) in [6.07, 6.45) is 4.50. The fraction of sp³-hybridized carbons (Fsp3) is 0.600. The molecule has 1 fully saturated rings. The van der Waals surface area contributed by atoms with Gasteiger partial charge in [0.2, 0.25) is 0 Å². The molecule has 3 heteroatoms. The maximum Gasteiger partial charge on any atom is 0.123 e. The van der Waals surface area contributed by atoms with Crippen molar-refractivity contribution in [3.8, 4) is 0 Å². The zero-order valence-electron chi connectivity index (χ0n) is 10.6. The number of halogens is 1. The van der Waals surface area contributed by atoms with E-state index in [9.17, 15) is 14.6 Å². The highest BCUT2D eigenvalue weighted by molar-refractivity contribution is 5.17. The first-order chi connectivity index (χ1) is 8.66. The molecule has 2 N–H and O–H groups in total. The molecular weight excluding hydrogens is 231 g/mol. The predicted octanol–water partition coefficient (Wildman–Crippen LogP) is 2.67. The Kier molecular flexibility index (Phi) is 4.72. The monoisotopic (exact) mass is 252 g/mol. The Morgan fingerprint density at radius 1 is 1.06 bits per heavy atom. The Bertz CT molecular complexity index is 357. The highest BCUT2D eigenvalue weighted by Gasteiger charge is 2.27. The third kappa shape index (κ3) is 3.53. The molecule has 18 heavy (non-hydrogen) atoms. The number of hydrogen-bond acceptors (Lipinski definition) is 2. The maximum absolute atomic E-state index is 12.8. The Labute approximate surface area is 107 Å². The van der Waals surface area contributed by atoms with Crippen molar-refractivity contribution in [3.63, 3.8) is 0 Å². The highest BCUT2D eigenvalue weighted by Crippen LogP contribution is 2.28. The number of benzene rings is 1. The Morgan fingerprint density at radius 3 is 2.28 bits per heavy atom. The van der Waals surface area contributed by atoms with Gasteiger partial charge in [-0.2, -0.15) is 0 Å². The van der Waals surface area contributed by atoms with Crippen molar-refractivity contribution in [2.24, 2.45) is 5.92 Å². The molecule has 100 valence electrons. The summed E-state index contributed by atoms with van der Waals surface area (Å²) in [4.78, 5) is 0. The van der Waals surface area contributed by atoms with E-state index in [-0.39, 0.29) is 11.7 Å². The van der Waals surface area contributed by atoms with E-state index in [1.807, 2.05) is 0 Å². The van der Waals surface area contributed by atoms with E-state index in [1.165, 1.54) is 18.6 Å². The topological polar surface area (TPSA) is 40.5 Å². The standard InChI is InChI=1S/C15H21FO2/c16-13-8-6-11(7-9-13)10-14(17)15(18)12-4-2-1-3-5-12/h6-9,12,14-15,17-18H,1-5,10H2. The molecule has 0 heterocycles. The van der Waals surface area contributed by atoms with Crippen LogP contribution in [0.4, 0.5) is 4.39 Å². The van der Waals surface area contributed by atoms with Crippen LogP contribution in [0.5, 0.6) is 0 Å². The van der Waals surface area contributed by atoms with Crippen molar-refractivity contribution in [1.82, 2.24) is 0 Å². The van der Waals surface area contributed by atoms with Gasteiger partial charge in [0.15, 0.2) is 0 Å². The lowest BCUT2D eigenvalue weighted by Gasteiger charge is -2.29. The van der Waals surface area contributed by atoms with Gasteiger partial charge >= 0.3 is 0 Å². The van der Waals surface area contributed by atoms with Gasteiger partial charge in [-0.3, -0.25) is 0 Å². The SMILES string of the molecule is OC(Cc1ccc(F)cc1)C(O)C1CCCCC1. The zero-order valence-corrected chi connectivity index (χ0v) is 10.6. The van der Waals surface area contributed by atoms with Crippen LogP contribution in [0.3, 0.4) is 0 Å². The van der Waals surface area contributed by atoms with E-state index in [2.05, 4.69) is 0 Å². The lowest BCUT2D eigenvalue weighted by atomic mass is 9.82. The molecule has 0 amide bonds. The minimum absolute atomic E-state index is 0.217. The van der Waals surface area contributed by atoms with Gasteiger partial charge in [0.05, 0.1) is 12.2 Å². The molecule has 0 aliphatic heterocycles. The fourth-order valence-corrected chi connectivity index (χ4v) is 2.77. The van der Waals surface area contributed by atoms with Gasteiger partial charge in [0.25, 0.3) is 0 Å². The lowest BCUT2D eigenvalue weighted by molar-refractivity contribution is -0.0263. The van der Waals surface area contributed by atoms with E-state index >= 15 is 0 Å². The average Bonchev–Trinajstić information content (AvgIpc) is 2.41. The van der Waals surface area contributed by atoms with Crippen molar-refractivity contribution in [3.05, 3.63) is 35.6 Å². The molecule has 1 aliphatic rings. The van der Waals surface area contributed by atoms with Crippen LogP contribution in [0.25, 0.3) is 0 Å². The van der Waals surface area contributed by atoms with Crippen molar-refractivity contribution in [2.45, 2.75) is 50.7 Å². The summed E-state index contributed by atoms with van der Waals surface area (Å²) in [5.41, 5.74) is 0.860. The first kappa shape index (κ1) is 13.5. The van der Waals surface area contributed by atoms with Gasteiger partial charge in [-0.05, 0) is 36.5 Å². The van der Waals surface area contributed by atoms with Gasteiger partial charge in [-0.1, -0.05) is 31.4 Å². The molecule has 0 spiro atoms. The molecule has 0 saturated heterocycles. The minimum atomic E-state index is -0.751. The van der Waals surface area contributed by atoms with Crippen LogP contribution in [0, 0.1) is 11.7 Å². The van der Waals surface area contributed by atoms with E-state index in [4.69, 9.17) is 0 Å². The second kappa shape index (κ2) is 6.30. The molecular formula is C15H21FO2. The summed E-state index contributed by atoms with van der Waals surface area (Å²) < 4.78 is 12.8. The molecule has 0 radical (unpaired) electrons. The van der Waals surface area contributed by atoms with Gasteiger partial charge in [-0.15, -0.1) is 0 Å². The van der Waals surface area contributed by atoms with Crippen molar-refractivity contribution < 1.29 is 14.6 Å². The normalized spacial score (nSPS) is 20.6. The van der Waals surface area contributed by atoms with Gasteiger partial charge < -0.3 is 10.2 Å². The number of hydrogen-bond donors (Lipinski definition) is 2. The molecule has 0 bridgehead atoms. The summed E-state index contributed by atoms with van der Waals surface area (Å²) in [6.45, 7) is 0. The van der Waals surface area contributed by atoms with E-state index in [1.54, 1.807) is 12.1 Å². The molecule has 2 rings (SSSR count). The summed E-state index contributed by atoms with van der Waals surface area (Å²) in [5, 5.41) is 20.2. The number of rotatable bonds is 4. The van der Waals surface area contributed by atoms with Crippen LogP contribution in [0.1, 0.15) is 37.7 Å². The smallest absolute Gasteiger partial charge is 0.123 e. The first-order valence-corrected chi connectivity index (χ1v) is 6.77. The van der Waals surface area contributed by atoms with Crippen LogP contribution >= 0.6 is 0 Å². The molecule has 1 aromatic rings. The van der Waals surface area contributed by atoms with Gasteiger partial charge in [0.1, 0.15) is 5.82 Å². The van der Waals surface area contributed by atoms with Crippen molar-refractivity contribution >= 4 is 0 Å². The Balaban J connectivity index is 1.89. The third-order valence-corrected chi connectivity index (χ3v) is 3.89. The van der Waals surface area contributed by atoms with Crippen LogP contribution in [0.15, 0.2) is 24.3 Å². The number of aliphatic hydroxyl groups is 2. The van der Waals surface area contributed by atoms with E-state index in [0.29, 0.717) is 6.42 Å². The molecule has 2 unspecified atom stereocenters. The highest BCUT2D eigenvalue weighted by atomic mass is 19.1. The molecule has 0 aromatic heterocycles. The van der Waals surface area contributed by atoms with E-state index in [0.717, 1.165) is 31.2 Å². The molecule has 1 aliphatic carbocycles. The minimum Gasteiger partial charge on any atom is -0.390 e. The maximum atomic E-state index is 12.8. The summed E-state index contributed by atoms with van der Waals surface area (Å²) in [7, 11) is 0. The zero-order chi connectivity index (χ0) is 13.0. The van der Waals surface area contributed by atoms with Crippen LogP contribution in [0.2, 0.25) is 0 Å². The predicted molar refractivity (Wildman–Crippen MR) is 68.7 cm³/mol. The summed E-state index contributed by atoms with van der Waals surface area (Å²) in [5.74, 6) is -0.0599.